The second-order valence-electron chi connectivity index (χ2n) is 3.46. The maximum Gasteiger partial charge on any atom is 0.338 e. The van der Waals surface area contributed by atoms with Gasteiger partial charge in [-0.15, -0.1) is 0 Å². The quantitative estimate of drug-likeness (QED) is 0.658. The first-order chi connectivity index (χ1) is 8.27. The topological polar surface area (TPSA) is 52.6 Å². The van der Waals surface area contributed by atoms with E-state index in [1.54, 1.807) is 36.0 Å². The summed E-state index contributed by atoms with van der Waals surface area (Å²) in [7, 11) is 0. The Kier molecular flexibility index (Phi) is 4.03. The van der Waals surface area contributed by atoms with Crippen molar-refractivity contribution in [1.29, 1.82) is 0 Å². The summed E-state index contributed by atoms with van der Waals surface area (Å²) in [4.78, 5) is 23.1. The molecule has 4 nitrogen and oxygen atoms in total. The molecule has 0 aliphatic carbocycles. The first-order valence-corrected chi connectivity index (χ1v) is 6.45. The Morgan fingerprint density at radius 1 is 0.824 bits per heavy atom. The van der Waals surface area contributed by atoms with Crippen LogP contribution in [-0.4, -0.2) is 36.7 Å². The maximum atomic E-state index is 11.6. The van der Waals surface area contributed by atoms with Gasteiger partial charge in [-0.1, -0.05) is 0 Å². The minimum absolute atomic E-state index is 0.357. The van der Waals surface area contributed by atoms with E-state index in [4.69, 9.17) is 9.47 Å². The molecule has 0 saturated carbocycles. The molecular weight excluding hydrogens is 240 g/mol. The molecule has 0 fully saturated rings. The van der Waals surface area contributed by atoms with Crippen molar-refractivity contribution in [2.45, 2.75) is 0 Å². The first-order valence-electron chi connectivity index (χ1n) is 5.29. The predicted molar refractivity (Wildman–Crippen MR) is 64.3 cm³/mol. The van der Waals surface area contributed by atoms with Gasteiger partial charge in [-0.25, -0.2) is 9.59 Å². The third-order valence-electron chi connectivity index (χ3n) is 2.28. The largest absolute Gasteiger partial charge is 0.461 e. The van der Waals surface area contributed by atoms with Crippen molar-refractivity contribution in [1.82, 2.24) is 0 Å². The van der Waals surface area contributed by atoms with Gasteiger partial charge in [-0.05, 0) is 24.3 Å². The average Bonchev–Trinajstić information content (AvgIpc) is 2.38. The summed E-state index contributed by atoms with van der Waals surface area (Å²) in [6.07, 6.45) is 0. The highest BCUT2D eigenvalue weighted by Gasteiger charge is 2.11. The van der Waals surface area contributed by atoms with Crippen molar-refractivity contribution in [2.75, 3.05) is 24.7 Å². The molecule has 0 unspecified atom stereocenters. The van der Waals surface area contributed by atoms with Crippen LogP contribution in [-0.2, 0) is 9.47 Å². The number of carbonyl (C=O) groups excluding carboxylic acids is 2. The smallest absolute Gasteiger partial charge is 0.338 e. The summed E-state index contributed by atoms with van der Waals surface area (Å²) in [6.45, 7) is 0.748. The average molecular weight is 252 g/mol. The number of rotatable bonds is 0. The lowest BCUT2D eigenvalue weighted by Gasteiger charge is -2.03. The third-order valence-corrected chi connectivity index (χ3v) is 3.19. The molecule has 17 heavy (non-hydrogen) atoms. The molecule has 1 aromatic carbocycles. The molecule has 0 saturated heterocycles. The van der Waals surface area contributed by atoms with E-state index < -0.39 is 0 Å². The molecule has 0 atom stereocenters. The Balaban J connectivity index is 2.18. The van der Waals surface area contributed by atoms with Crippen LogP contribution in [0.2, 0.25) is 0 Å². The second-order valence-corrected chi connectivity index (χ2v) is 4.69. The van der Waals surface area contributed by atoms with Crippen LogP contribution in [0.15, 0.2) is 24.3 Å². The molecule has 0 aromatic heterocycles. The molecule has 0 amide bonds. The summed E-state index contributed by atoms with van der Waals surface area (Å²) in [5, 5.41) is 0. The van der Waals surface area contributed by atoms with Gasteiger partial charge in [-0.2, -0.15) is 11.8 Å². The molecular formula is C12H12O4S. The van der Waals surface area contributed by atoms with Crippen LogP contribution in [0.1, 0.15) is 20.7 Å². The van der Waals surface area contributed by atoms with E-state index in [0.29, 0.717) is 35.8 Å². The van der Waals surface area contributed by atoms with Crippen LogP contribution in [0.25, 0.3) is 0 Å². The summed E-state index contributed by atoms with van der Waals surface area (Å²) < 4.78 is 10.2. The van der Waals surface area contributed by atoms with Gasteiger partial charge in [0.05, 0.1) is 11.1 Å². The Hall–Kier alpha value is -1.49. The van der Waals surface area contributed by atoms with E-state index in [2.05, 4.69) is 0 Å². The van der Waals surface area contributed by atoms with Crippen LogP contribution in [0, 0.1) is 0 Å². The van der Waals surface area contributed by atoms with Gasteiger partial charge < -0.3 is 9.47 Å². The van der Waals surface area contributed by atoms with Crippen molar-refractivity contribution in [3.63, 3.8) is 0 Å². The summed E-state index contributed by atoms with van der Waals surface area (Å²) >= 11 is 1.59. The van der Waals surface area contributed by atoms with Crippen LogP contribution in [0.4, 0.5) is 0 Å². The lowest BCUT2D eigenvalue weighted by Crippen LogP contribution is -2.08. The molecule has 0 N–H and O–H groups in total. The normalized spacial score (nSPS) is 17.4. The predicted octanol–water partition coefficient (Wildman–Crippen LogP) is 1.75. The van der Waals surface area contributed by atoms with Crippen LogP contribution in [0.3, 0.4) is 0 Å². The number of hydrogen-bond donors (Lipinski definition) is 0. The van der Waals surface area contributed by atoms with E-state index in [9.17, 15) is 9.59 Å². The van der Waals surface area contributed by atoms with Crippen LogP contribution < -0.4 is 0 Å². The standard InChI is InChI=1S/C12H12O4S/c13-11-9-1-2-10(4-3-9)12(14)16-6-8-17-7-5-15-11/h1-4H,5-8H2. The van der Waals surface area contributed by atoms with Gasteiger partial charge in [0.15, 0.2) is 0 Å². The maximum absolute atomic E-state index is 11.6. The van der Waals surface area contributed by atoms with Gasteiger partial charge in [0.1, 0.15) is 13.2 Å². The number of fused-ring (bicyclic) bond motifs is 10. The summed E-state index contributed by atoms with van der Waals surface area (Å²) in [5.41, 5.74) is 0.900. The SMILES string of the molecule is O=C1OCCSCCOC(=O)c2ccc1cc2. The molecule has 2 aliphatic heterocycles. The first kappa shape index (κ1) is 12.0. The molecule has 0 radical (unpaired) electrons. The molecule has 90 valence electrons. The third kappa shape index (κ3) is 3.23. The molecule has 2 bridgehead atoms. The number of thioether (sulfide) groups is 1. The minimum Gasteiger partial charge on any atom is -0.461 e. The highest BCUT2D eigenvalue weighted by molar-refractivity contribution is 7.99. The van der Waals surface area contributed by atoms with Gasteiger partial charge in [-0.3, -0.25) is 0 Å². The zero-order chi connectivity index (χ0) is 12.1. The number of esters is 2. The zero-order valence-corrected chi connectivity index (χ0v) is 10.00. The lowest BCUT2D eigenvalue weighted by molar-refractivity contribution is 0.0520. The van der Waals surface area contributed by atoms with Crippen molar-refractivity contribution in [2.24, 2.45) is 0 Å². The molecule has 0 spiro atoms. The Morgan fingerprint density at radius 2 is 1.24 bits per heavy atom. The van der Waals surface area contributed by atoms with Crippen molar-refractivity contribution in [3.8, 4) is 0 Å². The van der Waals surface area contributed by atoms with Crippen molar-refractivity contribution in [3.05, 3.63) is 35.4 Å². The van der Waals surface area contributed by atoms with E-state index in [-0.39, 0.29) is 11.9 Å². The fraction of sp³-hybridized carbons (Fsp3) is 0.333. The molecule has 5 heteroatoms. The second kappa shape index (κ2) is 5.72. The summed E-state index contributed by atoms with van der Waals surface area (Å²) in [6, 6.07) is 6.29. The lowest BCUT2D eigenvalue weighted by atomic mass is 10.1. The number of carbonyl (C=O) groups is 2. The Morgan fingerprint density at radius 3 is 1.65 bits per heavy atom. The number of ether oxygens (including phenoxy) is 2. The highest BCUT2D eigenvalue weighted by atomic mass is 32.2. The van der Waals surface area contributed by atoms with E-state index in [1.165, 1.54) is 0 Å². The van der Waals surface area contributed by atoms with E-state index in [1.807, 2.05) is 0 Å². The minimum atomic E-state index is -0.357. The monoisotopic (exact) mass is 252 g/mol. The van der Waals surface area contributed by atoms with Gasteiger partial charge >= 0.3 is 11.9 Å². The van der Waals surface area contributed by atoms with Gasteiger partial charge in [0, 0.05) is 11.5 Å². The molecule has 1 aromatic rings. The molecule has 3 rings (SSSR count). The van der Waals surface area contributed by atoms with Crippen LogP contribution in [0.5, 0.6) is 0 Å². The van der Waals surface area contributed by atoms with Crippen LogP contribution >= 0.6 is 11.8 Å². The van der Waals surface area contributed by atoms with Crippen molar-refractivity contribution >= 4 is 23.7 Å². The van der Waals surface area contributed by atoms with E-state index in [0.717, 1.165) is 0 Å². The number of benzene rings is 1. The highest BCUT2D eigenvalue weighted by Crippen LogP contribution is 2.10. The Labute approximate surface area is 103 Å². The molecule has 2 aliphatic rings. The fourth-order valence-electron chi connectivity index (χ4n) is 1.40. The zero-order valence-electron chi connectivity index (χ0n) is 9.18. The number of hydrogen-bond acceptors (Lipinski definition) is 5. The van der Waals surface area contributed by atoms with Crippen molar-refractivity contribution < 1.29 is 19.1 Å². The van der Waals surface area contributed by atoms with Gasteiger partial charge in [0.25, 0.3) is 0 Å². The van der Waals surface area contributed by atoms with Gasteiger partial charge in [0.2, 0.25) is 0 Å². The van der Waals surface area contributed by atoms with E-state index >= 15 is 0 Å². The molecule has 2 heterocycles. The fourth-order valence-corrected chi connectivity index (χ4v) is 2.00. The summed E-state index contributed by atoms with van der Waals surface area (Å²) in [5.74, 6) is 0.704. The Bertz CT molecular complexity index is 374.